The third-order valence-electron chi connectivity index (χ3n) is 3.01. The minimum Gasteiger partial charge on any atom is -0.411 e. The molecule has 0 bridgehead atoms. The second-order valence-corrected chi connectivity index (χ2v) is 9.23. The Morgan fingerprint density at radius 2 is 2.32 bits per heavy atom. The molecule has 1 saturated heterocycles. The lowest BCUT2D eigenvalue weighted by Gasteiger charge is -2.30. The van der Waals surface area contributed by atoms with Gasteiger partial charge in [-0.1, -0.05) is 23.7 Å². The molecule has 0 spiro atoms. The number of nitrogens with zero attached hydrogens (tertiary/aromatic N) is 2. The Hall–Kier alpha value is -0.150. The SMILES string of the molecule is CC1CN(S(=O)(=O)c2cc(Cl)c(Br)s2)CCC1=NO. The first kappa shape index (κ1) is 15.2. The van der Waals surface area contributed by atoms with Crippen molar-refractivity contribution in [2.24, 2.45) is 11.1 Å². The Kier molecular flexibility index (Phi) is 4.56. The van der Waals surface area contributed by atoms with Crippen LogP contribution >= 0.6 is 38.9 Å². The van der Waals surface area contributed by atoms with Crippen molar-refractivity contribution in [1.82, 2.24) is 4.31 Å². The number of thiophene rings is 1. The van der Waals surface area contributed by atoms with Crippen molar-refractivity contribution in [3.63, 3.8) is 0 Å². The van der Waals surface area contributed by atoms with Crippen molar-refractivity contribution in [2.75, 3.05) is 13.1 Å². The van der Waals surface area contributed by atoms with E-state index in [1.165, 1.54) is 10.4 Å². The maximum Gasteiger partial charge on any atom is 0.252 e. The Morgan fingerprint density at radius 3 is 2.79 bits per heavy atom. The molecule has 0 radical (unpaired) electrons. The minimum atomic E-state index is -3.53. The lowest BCUT2D eigenvalue weighted by atomic mass is 10.00. The first-order valence-electron chi connectivity index (χ1n) is 5.52. The first-order chi connectivity index (χ1) is 8.86. The van der Waals surface area contributed by atoms with E-state index in [2.05, 4.69) is 21.1 Å². The fraction of sp³-hybridized carbons (Fsp3) is 0.500. The zero-order valence-corrected chi connectivity index (χ0v) is 14.0. The van der Waals surface area contributed by atoms with Gasteiger partial charge in [-0.05, 0) is 22.0 Å². The van der Waals surface area contributed by atoms with Gasteiger partial charge in [0.25, 0.3) is 10.0 Å². The molecule has 0 saturated carbocycles. The van der Waals surface area contributed by atoms with Crippen LogP contribution in [0, 0.1) is 5.92 Å². The molecule has 1 unspecified atom stereocenters. The fourth-order valence-corrected chi connectivity index (χ4v) is 6.02. The average Bonchev–Trinajstić information content (AvgIpc) is 2.70. The zero-order valence-electron chi connectivity index (χ0n) is 10.0. The van der Waals surface area contributed by atoms with Crippen LogP contribution in [0.5, 0.6) is 0 Å². The third-order valence-corrected chi connectivity index (χ3v) is 7.80. The van der Waals surface area contributed by atoms with Crippen LogP contribution in [0.2, 0.25) is 5.02 Å². The number of hydrogen-bond donors (Lipinski definition) is 1. The van der Waals surface area contributed by atoms with Gasteiger partial charge in [-0.2, -0.15) is 4.31 Å². The van der Waals surface area contributed by atoms with E-state index in [1.807, 2.05) is 6.92 Å². The molecule has 106 valence electrons. The number of piperidine rings is 1. The van der Waals surface area contributed by atoms with E-state index in [-0.39, 0.29) is 10.1 Å². The van der Waals surface area contributed by atoms with Gasteiger partial charge >= 0.3 is 0 Å². The van der Waals surface area contributed by atoms with Gasteiger partial charge in [0, 0.05) is 25.4 Å². The lowest BCUT2D eigenvalue weighted by Crippen LogP contribution is -2.42. The maximum absolute atomic E-state index is 12.4. The van der Waals surface area contributed by atoms with Crippen LogP contribution in [0.1, 0.15) is 13.3 Å². The highest BCUT2D eigenvalue weighted by molar-refractivity contribution is 9.11. The molecule has 0 aliphatic carbocycles. The number of sulfonamides is 1. The summed E-state index contributed by atoms with van der Waals surface area (Å²) < 4.78 is 27.1. The van der Waals surface area contributed by atoms with Gasteiger partial charge in [0.05, 0.1) is 14.5 Å². The number of halogens is 2. The lowest BCUT2D eigenvalue weighted by molar-refractivity contribution is 0.300. The Bertz CT molecular complexity index is 595. The summed E-state index contributed by atoms with van der Waals surface area (Å²) in [6.45, 7) is 2.47. The van der Waals surface area contributed by atoms with Crippen LogP contribution < -0.4 is 0 Å². The largest absolute Gasteiger partial charge is 0.411 e. The molecule has 0 aromatic carbocycles. The van der Waals surface area contributed by atoms with Crippen LogP contribution in [-0.2, 0) is 10.0 Å². The van der Waals surface area contributed by atoms with Crippen molar-refractivity contribution in [2.45, 2.75) is 17.6 Å². The van der Waals surface area contributed by atoms with Crippen molar-refractivity contribution in [3.05, 3.63) is 14.9 Å². The minimum absolute atomic E-state index is 0.0904. The van der Waals surface area contributed by atoms with E-state index >= 15 is 0 Å². The van der Waals surface area contributed by atoms with Crippen molar-refractivity contribution >= 4 is 54.6 Å². The van der Waals surface area contributed by atoms with Crippen molar-refractivity contribution in [1.29, 1.82) is 0 Å². The third kappa shape index (κ3) is 2.97. The summed E-state index contributed by atoms with van der Waals surface area (Å²) in [5.41, 5.74) is 0.636. The van der Waals surface area contributed by atoms with Gasteiger partial charge in [0.15, 0.2) is 0 Å². The summed E-state index contributed by atoms with van der Waals surface area (Å²) in [6, 6.07) is 1.45. The predicted molar refractivity (Wildman–Crippen MR) is 78.8 cm³/mol. The van der Waals surface area contributed by atoms with Gasteiger partial charge in [0.1, 0.15) is 4.21 Å². The summed E-state index contributed by atoms with van der Waals surface area (Å²) in [6.07, 6.45) is 0.442. The van der Waals surface area contributed by atoms with Crippen LogP contribution in [-0.4, -0.2) is 36.7 Å². The number of rotatable bonds is 2. The van der Waals surface area contributed by atoms with Gasteiger partial charge in [0.2, 0.25) is 0 Å². The Labute approximate surface area is 129 Å². The second-order valence-electron chi connectivity index (χ2n) is 4.29. The molecule has 2 heterocycles. The molecule has 1 aliphatic heterocycles. The molecule has 1 atom stereocenters. The Morgan fingerprint density at radius 1 is 1.63 bits per heavy atom. The Balaban J connectivity index is 2.26. The summed E-state index contributed by atoms with van der Waals surface area (Å²) in [7, 11) is -3.53. The molecule has 1 aromatic heterocycles. The summed E-state index contributed by atoms with van der Waals surface area (Å²) >= 11 is 10.2. The van der Waals surface area contributed by atoms with Gasteiger partial charge in [-0.3, -0.25) is 0 Å². The summed E-state index contributed by atoms with van der Waals surface area (Å²) in [5.74, 6) is -0.0904. The highest BCUT2D eigenvalue weighted by Gasteiger charge is 2.33. The van der Waals surface area contributed by atoms with E-state index in [0.29, 0.717) is 34.0 Å². The van der Waals surface area contributed by atoms with Crippen molar-refractivity contribution < 1.29 is 13.6 Å². The van der Waals surface area contributed by atoms with E-state index in [1.54, 1.807) is 0 Å². The quantitative estimate of drug-likeness (QED) is 0.626. The topological polar surface area (TPSA) is 70.0 Å². The second kappa shape index (κ2) is 5.69. The number of oxime groups is 1. The van der Waals surface area contributed by atoms with Gasteiger partial charge in [-0.25, -0.2) is 8.42 Å². The predicted octanol–water partition coefficient (Wildman–Crippen LogP) is 3.02. The molecule has 1 aliphatic rings. The van der Waals surface area contributed by atoms with E-state index in [0.717, 1.165) is 11.3 Å². The monoisotopic (exact) mass is 386 g/mol. The molecule has 1 N–H and O–H groups in total. The average molecular weight is 388 g/mol. The molecule has 1 aromatic rings. The summed E-state index contributed by atoms with van der Waals surface area (Å²) in [5, 5.41) is 12.4. The normalized spacial score (nSPS) is 23.9. The molecule has 19 heavy (non-hydrogen) atoms. The highest BCUT2D eigenvalue weighted by Crippen LogP contribution is 2.36. The highest BCUT2D eigenvalue weighted by atomic mass is 79.9. The van der Waals surface area contributed by atoms with E-state index in [9.17, 15) is 8.42 Å². The molecular formula is C10H12BrClN2O3S2. The smallest absolute Gasteiger partial charge is 0.252 e. The standard InChI is InChI=1S/C10H12BrClN2O3S2/c1-6-5-14(3-2-8(6)13-15)19(16,17)9-4-7(12)10(11)18-9/h4,6,15H,2-3,5H2,1H3. The zero-order chi connectivity index (χ0) is 14.2. The summed E-state index contributed by atoms with van der Waals surface area (Å²) in [4.78, 5) is 0. The molecule has 9 heteroatoms. The van der Waals surface area contributed by atoms with Crippen LogP contribution in [0.4, 0.5) is 0 Å². The van der Waals surface area contributed by atoms with Crippen LogP contribution in [0.15, 0.2) is 19.2 Å². The number of hydrogen-bond acceptors (Lipinski definition) is 5. The van der Waals surface area contributed by atoms with E-state index in [4.69, 9.17) is 16.8 Å². The van der Waals surface area contributed by atoms with Crippen LogP contribution in [0.3, 0.4) is 0 Å². The molecule has 0 amide bonds. The van der Waals surface area contributed by atoms with E-state index < -0.39 is 10.0 Å². The molecule has 5 nitrogen and oxygen atoms in total. The van der Waals surface area contributed by atoms with Crippen molar-refractivity contribution in [3.8, 4) is 0 Å². The molecular weight excluding hydrogens is 376 g/mol. The molecule has 2 rings (SSSR count). The molecule has 1 fully saturated rings. The first-order valence-corrected chi connectivity index (χ1v) is 8.95. The van der Waals surface area contributed by atoms with Gasteiger partial charge < -0.3 is 5.21 Å². The van der Waals surface area contributed by atoms with Gasteiger partial charge in [-0.15, -0.1) is 11.3 Å². The maximum atomic E-state index is 12.4. The fourth-order valence-electron chi connectivity index (χ4n) is 1.94. The van der Waals surface area contributed by atoms with Crippen LogP contribution in [0.25, 0.3) is 0 Å².